The van der Waals surface area contributed by atoms with Crippen LogP contribution in [0.1, 0.15) is 44.7 Å². The number of carbonyl (C=O) groups is 3. The van der Waals surface area contributed by atoms with E-state index < -0.39 is 17.6 Å². The van der Waals surface area contributed by atoms with Gasteiger partial charge in [0.05, 0.1) is 0 Å². The zero-order chi connectivity index (χ0) is 25.5. The summed E-state index contributed by atoms with van der Waals surface area (Å²) in [5.41, 5.74) is 2.01. The zero-order valence-electron chi connectivity index (χ0n) is 19.6. The van der Waals surface area contributed by atoms with E-state index in [1.165, 1.54) is 16.7 Å². The standard InChI is InChI=1S/C28H23N3O4S/c1-19-6-2-3-7-24(19)26(32)20-8-12-22(13-9-20)36-23-14-10-21(11-15-23)27(33)25(18-29)30-35-28(34)31-16-4-5-17-31/h2-3,6-15H,4-5,16-17H2,1H3/b30-25+. The highest BCUT2D eigenvalue weighted by Gasteiger charge is 2.21. The summed E-state index contributed by atoms with van der Waals surface area (Å²) in [4.78, 5) is 45.4. The quantitative estimate of drug-likeness (QED) is 0.180. The van der Waals surface area contributed by atoms with Crippen LogP contribution in [0.25, 0.3) is 0 Å². The second kappa shape index (κ2) is 11.5. The Morgan fingerprint density at radius 2 is 1.47 bits per heavy atom. The summed E-state index contributed by atoms with van der Waals surface area (Å²) in [6, 6.07) is 23.3. The normalized spacial score (nSPS) is 13.2. The van der Waals surface area contributed by atoms with Crippen LogP contribution in [0.3, 0.4) is 0 Å². The number of carbonyl (C=O) groups excluding carboxylic acids is 3. The van der Waals surface area contributed by atoms with Crippen molar-refractivity contribution in [3.63, 3.8) is 0 Å². The van der Waals surface area contributed by atoms with E-state index in [9.17, 15) is 19.6 Å². The van der Waals surface area contributed by atoms with Crippen molar-refractivity contribution in [3.8, 4) is 6.07 Å². The lowest BCUT2D eigenvalue weighted by atomic mass is 9.99. The number of Topliss-reactive ketones (excluding diaryl/α,β-unsaturated/α-hetero) is 1. The van der Waals surface area contributed by atoms with Crippen molar-refractivity contribution in [2.45, 2.75) is 29.6 Å². The van der Waals surface area contributed by atoms with Gasteiger partial charge in [-0.2, -0.15) is 5.26 Å². The maximum Gasteiger partial charge on any atom is 0.436 e. The summed E-state index contributed by atoms with van der Waals surface area (Å²) in [6.07, 6.45) is 1.12. The van der Waals surface area contributed by atoms with E-state index in [2.05, 4.69) is 5.16 Å². The molecule has 1 saturated heterocycles. The monoisotopic (exact) mass is 497 g/mol. The lowest BCUT2D eigenvalue weighted by molar-refractivity contribution is 0.103. The van der Waals surface area contributed by atoms with Gasteiger partial charge in [0.15, 0.2) is 5.78 Å². The van der Waals surface area contributed by atoms with Gasteiger partial charge in [-0.1, -0.05) is 41.2 Å². The first-order valence-corrected chi connectivity index (χ1v) is 12.2. The first-order chi connectivity index (χ1) is 17.5. The summed E-state index contributed by atoms with van der Waals surface area (Å²) in [5, 5.41) is 12.8. The van der Waals surface area contributed by atoms with Crippen LogP contribution < -0.4 is 0 Å². The minimum absolute atomic E-state index is 0.0198. The van der Waals surface area contributed by atoms with Gasteiger partial charge in [0, 0.05) is 39.6 Å². The molecule has 0 aliphatic carbocycles. The smallest absolute Gasteiger partial charge is 0.306 e. The van der Waals surface area contributed by atoms with E-state index >= 15 is 0 Å². The van der Waals surface area contributed by atoms with Crippen LogP contribution in [-0.2, 0) is 4.84 Å². The molecule has 1 fully saturated rings. The van der Waals surface area contributed by atoms with Gasteiger partial charge in [0.25, 0.3) is 0 Å². The molecular weight excluding hydrogens is 474 g/mol. The molecule has 8 heteroatoms. The number of oxime groups is 1. The van der Waals surface area contributed by atoms with Crippen LogP contribution in [0.5, 0.6) is 0 Å². The zero-order valence-corrected chi connectivity index (χ0v) is 20.5. The molecule has 0 aromatic heterocycles. The Morgan fingerprint density at radius 1 is 0.889 bits per heavy atom. The topological polar surface area (TPSA) is 99.8 Å². The summed E-state index contributed by atoms with van der Waals surface area (Å²) in [7, 11) is 0. The minimum Gasteiger partial charge on any atom is -0.306 e. The van der Waals surface area contributed by atoms with Gasteiger partial charge < -0.3 is 4.90 Å². The molecule has 180 valence electrons. The van der Waals surface area contributed by atoms with Crippen LogP contribution in [0.2, 0.25) is 0 Å². The van der Waals surface area contributed by atoms with Gasteiger partial charge in [-0.05, 0) is 73.9 Å². The van der Waals surface area contributed by atoms with Crippen molar-refractivity contribution in [2.75, 3.05) is 13.1 Å². The Kier molecular flexibility index (Phi) is 7.93. The Balaban J connectivity index is 1.38. The number of hydrogen-bond donors (Lipinski definition) is 0. The van der Waals surface area contributed by atoms with Crippen molar-refractivity contribution < 1.29 is 19.2 Å². The molecule has 3 aromatic carbocycles. The van der Waals surface area contributed by atoms with E-state index in [1.807, 2.05) is 43.3 Å². The average Bonchev–Trinajstić information content (AvgIpc) is 3.45. The number of rotatable bonds is 7. The first-order valence-electron chi connectivity index (χ1n) is 11.4. The molecule has 4 rings (SSSR count). The maximum atomic E-state index is 12.8. The number of aryl methyl sites for hydroxylation is 1. The van der Waals surface area contributed by atoms with Gasteiger partial charge in [-0.25, -0.2) is 4.79 Å². The molecule has 0 spiro atoms. The first kappa shape index (κ1) is 24.9. The number of ketones is 2. The van der Waals surface area contributed by atoms with Crippen molar-refractivity contribution in [3.05, 3.63) is 95.1 Å². The highest BCUT2D eigenvalue weighted by atomic mass is 32.2. The summed E-state index contributed by atoms with van der Waals surface area (Å²) in [6.45, 7) is 3.07. The second-order valence-electron chi connectivity index (χ2n) is 8.23. The number of hydrogen-bond acceptors (Lipinski definition) is 7. The fourth-order valence-electron chi connectivity index (χ4n) is 3.76. The number of likely N-dealkylation sites (tertiary alicyclic amines) is 1. The van der Waals surface area contributed by atoms with Crippen molar-refractivity contribution >= 4 is 35.1 Å². The third-order valence-corrected chi connectivity index (χ3v) is 6.77. The van der Waals surface area contributed by atoms with Crippen molar-refractivity contribution in [2.24, 2.45) is 5.16 Å². The molecule has 0 unspecified atom stereocenters. The van der Waals surface area contributed by atoms with Crippen molar-refractivity contribution in [1.29, 1.82) is 5.26 Å². The fourth-order valence-corrected chi connectivity index (χ4v) is 4.58. The third-order valence-electron chi connectivity index (χ3n) is 5.76. The Bertz CT molecular complexity index is 1350. The molecule has 36 heavy (non-hydrogen) atoms. The largest absolute Gasteiger partial charge is 0.436 e. The molecule has 0 atom stereocenters. The van der Waals surface area contributed by atoms with Gasteiger partial charge >= 0.3 is 6.09 Å². The van der Waals surface area contributed by atoms with E-state index in [0.717, 1.165) is 28.2 Å². The Morgan fingerprint density at radius 3 is 2.06 bits per heavy atom. The van der Waals surface area contributed by atoms with Crippen LogP contribution in [0.15, 0.2) is 87.7 Å². The Labute approximate surface area is 213 Å². The number of amides is 1. The van der Waals surface area contributed by atoms with E-state index in [1.54, 1.807) is 42.5 Å². The Hall–Kier alpha value is -4.22. The molecule has 0 radical (unpaired) electrons. The third kappa shape index (κ3) is 5.88. The molecule has 3 aromatic rings. The highest BCUT2D eigenvalue weighted by Crippen LogP contribution is 2.28. The maximum absolute atomic E-state index is 12.8. The van der Waals surface area contributed by atoms with Crippen LogP contribution in [0, 0.1) is 18.3 Å². The van der Waals surface area contributed by atoms with Crippen LogP contribution in [-0.4, -0.2) is 41.4 Å². The molecule has 0 bridgehead atoms. The predicted molar refractivity (Wildman–Crippen MR) is 136 cm³/mol. The van der Waals surface area contributed by atoms with Gasteiger partial charge in [0.2, 0.25) is 11.5 Å². The SMILES string of the molecule is Cc1ccccc1C(=O)c1ccc(Sc2ccc(C(=O)/C(C#N)=N/OC(=O)N3CCCC3)cc2)cc1. The molecule has 0 N–H and O–H groups in total. The average molecular weight is 498 g/mol. The number of nitriles is 1. The second-order valence-corrected chi connectivity index (χ2v) is 9.37. The molecule has 1 amide bonds. The van der Waals surface area contributed by atoms with Gasteiger partial charge in [0.1, 0.15) is 6.07 Å². The fraction of sp³-hybridized carbons (Fsp3) is 0.179. The molecule has 1 aliphatic rings. The highest BCUT2D eigenvalue weighted by molar-refractivity contribution is 7.99. The van der Waals surface area contributed by atoms with Gasteiger partial charge in [-0.15, -0.1) is 0 Å². The molecule has 1 heterocycles. The summed E-state index contributed by atoms with van der Waals surface area (Å²) < 4.78 is 0. The van der Waals surface area contributed by atoms with E-state index in [-0.39, 0.29) is 11.3 Å². The van der Waals surface area contributed by atoms with Gasteiger partial charge in [-0.3, -0.25) is 14.4 Å². The van der Waals surface area contributed by atoms with Crippen molar-refractivity contribution in [1.82, 2.24) is 4.90 Å². The number of nitrogens with zero attached hydrogens (tertiary/aromatic N) is 3. The van der Waals surface area contributed by atoms with E-state index in [4.69, 9.17) is 4.84 Å². The minimum atomic E-state index is -0.661. The lowest BCUT2D eigenvalue weighted by Crippen LogP contribution is -2.27. The predicted octanol–water partition coefficient (Wildman–Crippen LogP) is 5.67. The molecule has 7 nitrogen and oxygen atoms in total. The van der Waals surface area contributed by atoms with Crippen LogP contribution in [0.4, 0.5) is 4.79 Å². The van der Waals surface area contributed by atoms with Crippen LogP contribution >= 0.6 is 11.8 Å². The lowest BCUT2D eigenvalue weighted by Gasteiger charge is -2.11. The summed E-state index contributed by atoms with van der Waals surface area (Å²) in [5.74, 6) is -0.643. The number of benzene rings is 3. The van der Waals surface area contributed by atoms with E-state index in [0.29, 0.717) is 24.2 Å². The summed E-state index contributed by atoms with van der Waals surface area (Å²) >= 11 is 1.48. The molecule has 0 saturated carbocycles. The molecule has 1 aliphatic heterocycles. The molecular formula is C28H23N3O4S.